The van der Waals surface area contributed by atoms with Gasteiger partial charge in [-0.1, -0.05) is 48.0 Å². The molecule has 0 fully saturated rings. The molecule has 0 saturated heterocycles. The summed E-state index contributed by atoms with van der Waals surface area (Å²) < 4.78 is 13.1. The van der Waals surface area contributed by atoms with E-state index in [9.17, 15) is 9.18 Å². The van der Waals surface area contributed by atoms with E-state index in [1.54, 1.807) is 18.2 Å². The molecule has 108 valence electrons. The summed E-state index contributed by atoms with van der Waals surface area (Å²) in [6.45, 7) is 5.78. The number of carbonyl (C=O) groups excluding carboxylic acids is 1. The van der Waals surface area contributed by atoms with Gasteiger partial charge >= 0.3 is 0 Å². The van der Waals surface area contributed by atoms with Crippen LogP contribution in [-0.4, -0.2) is 5.78 Å². The quantitative estimate of drug-likeness (QED) is 0.789. The molecular weight excluding hydrogens is 289 g/mol. The molecule has 0 atom stereocenters. The summed E-state index contributed by atoms with van der Waals surface area (Å²) in [5, 5.41) is 2.98. The highest BCUT2D eigenvalue weighted by Crippen LogP contribution is 2.21. The second-order valence-corrected chi connectivity index (χ2v) is 5.23. The average molecular weight is 304 g/mol. The number of aryl methyl sites for hydroxylation is 1. The third kappa shape index (κ3) is 4.17. The minimum Gasteiger partial charge on any atom is -0.359 e. The van der Waals surface area contributed by atoms with Crippen molar-refractivity contribution in [2.75, 3.05) is 5.32 Å². The van der Waals surface area contributed by atoms with Gasteiger partial charge in [-0.2, -0.15) is 0 Å². The molecule has 4 heteroatoms. The SMILES string of the molecule is C=C(CC(=O)c1ccc(C)cc1)Nc1ccc(F)c(Cl)c1. The molecule has 2 aromatic rings. The largest absolute Gasteiger partial charge is 0.359 e. The second kappa shape index (κ2) is 6.55. The fourth-order valence-corrected chi connectivity index (χ4v) is 2.04. The van der Waals surface area contributed by atoms with Crippen molar-refractivity contribution in [3.05, 3.63) is 76.7 Å². The molecule has 0 amide bonds. The Kier molecular flexibility index (Phi) is 4.76. The molecule has 2 aromatic carbocycles. The first-order valence-electron chi connectivity index (χ1n) is 6.45. The van der Waals surface area contributed by atoms with E-state index in [2.05, 4.69) is 11.9 Å². The molecule has 0 bridgehead atoms. The highest BCUT2D eigenvalue weighted by molar-refractivity contribution is 6.31. The highest BCUT2D eigenvalue weighted by Gasteiger charge is 2.08. The van der Waals surface area contributed by atoms with Crippen LogP contribution in [0, 0.1) is 12.7 Å². The lowest BCUT2D eigenvalue weighted by Gasteiger charge is -2.10. The molecule has 1 N–H and O–H groups in total. The summed E-state index contributed by atoms with van der Waals surface area (Å²) in [7, 11) is 0. The van der Waals surface area contributed by atoms with Gasteiger partial charge in [-0.15, -0.1) is 0 Å². The Morgan fingerprint density at radius 1 is 1.24 bits per heavy atom. The molecule has 0 spiro atoms. The molecule has 0 aliphatic heterocycles. The van der Waals surface area contributed by atoms with Crippen molar-refractivity contribution in [1.82, 2.24) is 0 Å². The van der Waals surface area contributed by atoms with E-state index in [0.29, 0.717) is 16.9 Å². The summed E-state index contributed by atoms with van der Waals surface area (Å²) in [5.74, 6) is -0.510. The Morgan fingerprint density at radius 3 is 2.52 bits per heavy atom. The Bertz CT molecular complexity index is 680. The van der Waals surface area contributed by atoms with E-state index in [-0.39, 0.29) is 17.2 Å². The van der Waals surface area contributed by atoms with Crippen LogP contribution in [-0.2, 0) is 0 Å². The zero-order chi connectivity index (χ0) is 15.4. The standard InChI is InChI=1S/C17H15ClFNO/c1-11-3-5-13(6-4-11)17(21)9-12(2)20-14-7-8-16(19)15(18)10-14/h3-8,10,20H,2,9H2,1H3. The van der Waals surface area contributed by atoms with Gasteiger partial charge in [0.1, 0.15) is 5.82 Å². The van der Waals surface area contributed by atoms with Gasteiger partial charge in [0.05, 0.1) is 11.4 Å². The Morgan fingerprint density at radius 2 is 1.90 bits per heavy atom. The summed E-state index contributed by atoms with van der Waals surface area (Å²) in [4.78, 5) is 12.1. The van der Waals surface area contributed by atoms with Crippen molar-refractivity contribution >= 4 is 23.1 Å². The average Bonchev–Trinajstić information content (AvgIpc) is 2.43. The first-order valence-corrected chi connectivity index (χ1v) is 6.83. The topological polar surface area (TPSA) is 29.1 Å². The van der Waals surface area contributed by atoms with Crippen molar-refractivity contribution in [3.63, 3.8) is 0 Å². The van der Waals surface area contributed by atoms with Gasteiger partial charge in [0, 0.05) is 16.9 Å². The monoisotopic (exact) mass is 303 g/mol. The van der Waals surface area contributed by atoms with Crippen LogP contribution in [0.3, 0.4) is 0 Å². The van der Waals surface area contributed by atoms with E-state index < -0.39 is 5.82 Å². The molecular formula is C17H15ClFNO. The Balaban J connectivity index is 1.99. The number of nitrogens with one attached hydrogen (secondary N) is 1. The van der Waals surface area contributed by atoms with Crippen LogP contribution < -0.4 is 5.32 Å². The number of hydrogen-bond donors (Lipinski definition) is 1. The van der Waals surface area contributed by atoms with Gasteiger partial charge in [0.2, 0.25) is 0 Å². The van der Waals surface area contributed by atoms with Crippen LogP contribution >= 0.6 is 11.6 Å². The maximum atomic E-state index is 13.1. The van der Waals surface area contributed by atoms with Crippen molar-refractivity contribution in [1.29, 1.82) is 0 Å². The molecule has 0 heterocycles. The predicted molar refractivity (Wildman–Crippen MR) is 84.3 cm³/mol. The van der Waals surface area contributed by atoms with Crippen LogP contribution in [0.1, 0.15) is 22.3 Å². The number of benzene rings is 2. The third-order valence-electron chi connectivity index (χ3n) is 2.99. The van der Waals surface area contributed by atoms with Crippen molar-refractivity contribution in [2.45, 2.75) is 13.3 Å². The van der Waals surface area contributed by atoms with Crippen LogP contribution in [0.15, 0.2) is 54.7 Å². The van der Waals surface area contributed by atoms with Gasteiger partial charge in [0.25, 0.3) is 0 Å². The second-order valence-electron chi connectivity index (χ2n) is 4.82. The zero-order valence-corrected chi connectivity index (χ0v) is 12.4. The zero-order valence-electron chi connectivity index (χ0n) is 11.6. The van der Waals surface area contributed by atoms with E-state index in [0.717, 1.165) is 5.56 Å². The normalized spacial score (nSPS) is 10.2. The minimum atomic E-state index is -0.483. The van der Waals surface area contributed by atoms with Crippen molar-refractivity contribution in [2.24, 2.45) is 0 Å². The molecule has 0 radical (unpaired) electrons. The summed E-state index contributed by atoms with van der Waals surface area (Å²) in [6.07, 6.45) is 0.165. The lowest BCUT2D eigenvalue weighted by molar-refractivity contribution is 0.0993. The number of Topliss-reactive ketones (excluding diaryl/α,β-unsaturated/α-hetero) is 1. The maximum Gasteiger partial charge on any atom is 0.168 e. The molecule has 0 unspecified atom stereocenters. The minimum absolute atomic E-state index is 0.0256. The molecule has 0 aliphatic rings. The molecule has 0 saturated carbocycles. The van der Waals surface area contributed by atoms with Crippen molar-refractivity contribution < 1.29 is 9.18 Å². The number of hydrogen-bond acceptors (Lipinski definition) is 2. The summed E-state index contributed by atoms with van der Waals surface area (Å²) in [6, 6.07) is 11.6. The van der Waals surface area contributed by atoms with Crippen LogP contribution in [0.2, 0.25) is 5.02 Å². The van der Waals surface area contributed by atoms with Crippen molar-refractivity contribution in [3.8, 4) is 0 Å². The first-order chi connectivity index (χ1) is 9.95. The number of carbonyl (C=O) groups is 1. The molecule has 21 heavy (non-hydrogen) atoms. The maximum absolute atomic E-state index is 13.1. The number of ketones is 1. The highest BCUT2D eigenvalue weighted by atomic mass is 35.5. The van der Waals surface area contributed by atoms with Crippen LogP contribution in [0.5, 0.6) is 0 Å². The fourth-order valence-electron chi connectivity index (χ4n) is 1.86. The smallest absolute Gasteiger partial charge is 0.168 e. The number of halogens is 2. The van der Waals surface area contributed by atoms with E-state index >= 15 is 0 Å². The van der Waals surface area contributed by atoms with Crippen LogP contribution in [0.25, 0.3) is 0 Å². The number of allylic oxidation sites excluding steroid dienone is 1. The number of rotatable bonds is 5. The lowest BCUT2D eigenvalue weighted by Crippen LogP contribution is -2.06. The third-order valence-corrected chi connectivity index (χ3v) is 3.28. The summed E-state index contributed by atoms with van der Waals surface area (Å²) >= 11 is 5.70. The van der Waals surface area contributed by atoms with Gasteiger partial charge in [-0.05, 0) is 25.1 Å². The Labute approximate surface area is 128 Å². The van der Waals surface area contributed by atoms with E-state index in [4.69, 9.17) is 11.6 Å². The lowest BCUT2D eigenvalue weighted by atomic mass is 10.1. The number of anilines is 1. The van der Waals surface area contributed by atoms with Crippen LogP contribution in [0.4, 0.5) is 10.1 Å². The predicted octanol–water partition coefficient (Wildman–Crippen LogP) is 4.99. The van der Waals surface area contributed by atoms with E-state index in [1.165, 1.54) is 12.1 Å². The molecule has 2 nitrogen and oxygen atoms in total. The Hall–Kier alpha value is -2.13. The molecule has 2 rings (SSSR count). The summed E-state index contributed by atoms with van der Waals surface area (Å²) in [5.41, 5.74) is 2.87. The van der Waals surface area contributed by atoms with Gasteiger partial charge < -0.3 is 5.32 Å². The van der Waals surface area contributed by atoms with Gasteiger partial charge in [-0.3, -0.25) is 4.79 Å². The van der Waals surface area contributed by atoms with Gasteiger partial charge in [0.15, 0.2) is 5.78 Å². The molecule has 0 aromatic heterocycles. The first kappa shape index (κ1) is 15.3. The molecule has 0 aliphatic carbocycles. The fraction of sp³-hybridized carbons (Fsp3) is 0.118. The van der Waals surface area contributed by atoms with Gasteiger partial charge in [-0.25, -0.2) is 4.39 Å². The van der Waals surface area contributed by atoms with E-state index in [1.807, 2.05) is 19.1 Å².